The van der Waals surface area contributed by atoms with Gasteiger partial charge in [0.2, 0.25) is 11.8 Å². The number of rotatable bonds is 2. The second-order valence-electron chi connectivity index (χ2n) is 9.29. The Labute approximate surface area is 180 Å². The van der Waals surface area contributed by atoms with Crippen molar-refractivity contribution in [3.05, 3.63) is 58.3 Å². The average molecular weight is 421 g/mol. The zero-order valence-corrected chi connectivity index (χ0v) is 18.3. The van der Waals surface area contributed by atoms with E-state index in [4.69, 9.17) is 0 Å². The summed E-state index contributed by atoms with van der Waals surface area (Å²) in [6.07, 6.45) is 2.07. The van der Waals surface area contributed by atoms with Crippen LogP contribution >= 0.6 is 11.3 Å². The minimum Gasteiger partial charge on any atom is -0.352 e. The van der Waals surface area contributed by atoms with Crippen LogP contribution in [0.3, 0.4) is 0 Å². The molecule has 2 saturated heterocycles. The molecule has 154 valence electrons. The van der Waals surface area contributed by atoms with Crippen LogP contribution in [-0.2, 0) is 9.59 Å². The predicted molar refractivity (Wildman–Crippen MR) is 117 cm³/mol. The molecule has 3 aliphatic rings. The number of fused-ring (bicyclic) bond motifs is 5. The lowest BCUT2D eigenvalue weighted by atomic mass is 9.86. The summed E-state index contributed by atoms with van der Waals surface area (Å²) in [4.78, 5) is 44.8. The third-order valence-electron chi connectivity index (χ3n) is 6.46. The zero-order chi connectivity index (χ0) is 21.4. The maximum atomic E-state index is 13.7. The predicted octanol–water partition coefficient (Wildman–Crippen LogP) is 4.00. The van der Waals surface area contributed by atoms with E-state index >= 15 is 0 Å². The number of ketones is 1. The summed E-state index contributed by atoms with van der Waals surface area (Å²) < 4.78 is 0. The molecule has 2 amide bonds. The summed E-state index contributed by atoms with van der Waals surface area (Å²) in [6.45, 7) is 7.64. The SMILES string of the molecule is CC1=C[C@@H]2[C@H]3C(=O)N(C(C)(C)C)C(=O)[C@@H]3[C@H](C(=O)c3cccs3)N2c2ccccc21. The number of Topliss-reactive ketones (excluding diaryl/α,β-unsaturated/α-hetero) is 1. The van der Waals surface area contributed by atoms with Crippen LogP contribution < -0.4 is 4.90 Å². The summed E-state index contributed by atoms with van der Waals surface area (Å²) in [5, 5.41) is 1.87. The van der Waals surface area contributed by atoms with Crippen molar-refractivity contribution in [1.29, 1.82) is 0 Å². The Kier molecular flexibility index (Phi) is 4.09. The summed E-state index contributed by atoms with van der Waals surface area (Å²) in [6, 6.07) is 10.6. The summed E-state index contributed by atoms with van der Waals surface area (Å²) >= 11 is 1.38. The molecule has 0 bridgehead atoms. The van der Waals surface area contributed by atoms with E-state index < -0.39 is 23.4 Å². The number of allylic oxidation sites excluding steroid dienone is 1. The molecule has 0 radical (unpaired) electrons. The van der Waals surface area contributed by atoms with Crippen LogP contribution in [0, 0.1) is 11.8 Å². The summed E-state index contributed by atoms with van der Waals surface area (Å²) in [5.74, 6) is -1.70. The normalized spacial score (nSPS) is 27.7. The zero-order valence-electron chi connectivity index (χ0n) is 17.5. The number of amides is 2. The van der Waals surface area contributed by atoms with Crippen molar-refractivity contribution in [1.82, 2.24) is 4.90 Å². The summed E-state index contributed by atoms with van der Waals surface area (Å²) in [5.41, 5.74) is 2.43. The third kappa shape index (κ3) is 2.49. The van der Waals surface area contributed by atoms with Gasteiger partial charge in [0.25, 0.3) is 0 Å². The maximum Gasteiger partial charge on any atom is 0.236 e. The molecule has 0 spiro atoms. The first kappa shape index (κ1) is 19.2. The molecule has 5 nitrogen and oxygen atoms in total. The van der Waals surface area contributed by atoms with Gasteiger partial charge in [-0.15, -0.1) is 11.3 Å². The fourth-order valence-corrected chi connectivity index (χ4v) is 6.02. The molecule has 0 N–H and O–H groups in total. The smallest absolute Gasteiger partial charge is 0.236 e. The first-order chi connectivity index (χ1) is 14.2. The number of hydrogen-bond donors (Lipinski definition) is 0. The second-order valence-corrected chi connectivity index (χ2v) is 10.2. The van der Waals surface area contributed by atoms with Crippen molar-refractivity contribution in [2.45, 2.75) is 45.3 Å². The molecular weight excluding hydrogens is 396 g/mol. The van der Waals surface area contributed by atoms with E-state index in [1.54, 1.807) is 6.07 Å². The van der Waals surface area contributed by atoms with Gasteiger partial charge in [-0.1, -0.05) is 30.3 Å². The molecule has 2 fully saturated rings. The highest BCUT2D eigenvalue weighted by atomic mass is 32.1. The van der Waals surface area contributed by atoms with Crippen molar-refractivity contribution in [3.8, 4) is 0 Å². The number of nitrogens with zero attached hydrogens (tertiary/aromatic N) is 2. The Morgan fingerprint density at radius 2 is 1.70 bits per heavy atom. The molecule has 4 heterocycles. The van der Waals surface area contributed by atoms with Gasteiger partial charge >= 0.3 is 0 Å². The molecule has 6 heteroatoms. The van der Waals surface area contributed by atoms with Crippen LogP contribution in [-0.4, -0.2) is 40.1 Å². The Morgan fingerprint density at radius 3 is 2.37 bits per heavy atom. The standard InChI is InChI=1S/C24H24N2O3S/c1-13-12-16-18-19(23(29)26(22(18)28)24(2,3)4)20(21(27)17-10-7-11-30-17)25(16)15-9-6-5-8-14(13)15/h5-12,16,18-20H,1-4H3/t16-,18-,19+,20-/m1/s1. The van der Waals surface area contributed by atoms with Gasteiger partial charge in [0.05, 0.1) is 22.8 Å². The van der Waals surface area contributed by atoms with E-state index in [-0.39, 0.29) is 23.6 Å². The second kappa shape index (κ2) is 6.38. The molecule has 30 heavy (non-hydrogen) atoms. The number of hydrogen-bond acceptors (Lipinski definition) is 5. The molecule has 0 unspecified atom stereocenters. The number of carbonyl (C=O) groups is 3. The number of para-hydroxylation sites is 1. The lowest BCUT2D eigenvalue weighted by molar-refractivity contribution is -0.145. The van der Waals surface area contributed by atoms with Gasteiger partial charge in [-0.05, 0) is 50.8 Å². The van der Waals surface area contributed by atoms with E-state index in [1.165, 1.54) is 16.2 Å². The van der Waals surface area contributed by atoms with Crippen LogP contribution in [0.4, 0.5) is 5.69 Å². The highest BCUT2D eigenvalue weighted by Crippen LogP contribution is 2.51. The number of imide groups is 1. The summed E-state index contributed by atoms with van der Waals surface area (Å²) in [7, 11) is 0. The number of carbonyl (C=O) groups excluding carboxylic acids is 3. The van der Waals surface area contributed by atoms with E-state index in [0.717, 1.165) is 16.8 Å². The Hall–Kier alpha value is -2.73. The first-order valence-corrected chi connectivity index (χ1v) is 11.1. The van der Waals surface area contributed by atoms with E-state index in [0.29, 0.717) is 4.88 Å². The number of likely N-dealkylation sites (tertiary alicyclic amines) is 1. The Morgan fingerprint density at radius 1 is 1.00 bits per heavy atom. The minimum atomic E-state index is -0.687. The van der Waals surface area contributed by atoms with E-state index in [9.17, 15) is 14.4 Å². The molecule has 3 aliphatic heterocycles. The lowest BCUT2D eigenvalue weighted by Crippen LogP contribution is -2.52. The van der Waals surface area contributed by atoms with Crippen molar-refractivity contribution in [2.75, 3.05) is 4.90 Å². The molecule has 5 rings (SSSR count). The van der Waals surface area contributed by atoms with Crippen molar-refractivity contribution >= 4 is 40.2 Å². The van der Waals surface area contributed by atoms with Gasteiger partial charge in [0, 0.05) is 16.8 Å². The molecule has 1 aromatic carbocycles. The Bertz CT molecular complexity index is 1100. The fraction of sp³-hybridized carbons (Fsp3) is 0.375. The van der Waals surface area contributed by atoms with Gasteiger partial charge in [-0.25, -0.2) is 0 Å². The van der Waals surface area contributed by atoms with Gasteiger partial charge in [-0.2, -0.15) is 0 Å². The van der Waals surface area contributed by atoms with Crippen LogP contribution in [0.2, 0.25) is 0 Å². The first-order valence-electron chi connectivity index (χ1n) is 10.2. The largest absolute Gasteiger partial charge is 0.352 e. The molecular formula is C24H24N2O3S. The van der Waals surface area contributed by atoms with Crippen LogP contribution in [0.15, 0.2) is 47.9 Å². The fourth-order valence-electron chi connectivity index (χ4n) is 5.32. The van der Waals surface area contributed by atoms with E-state index in [2.05, 4.69) is 6.08 Å². The number of benzene rings is 1. The number of anilines is 1. The molecule has 4 atom stereocenters. The van der Waals surface area contributed by atoms with Gasteiger partial charge in [-0.3, -0.25) is 19.3 Å². The van der Waals surface area contributed by atoms with Gasteiger partial charge in [0.1, 0.15) is 6.04 Å². The highest BCUT2D eigenvalue weighted by Gasteiger charge is 2.65. The van der Waals surface area contributed by atoms with Crippen molar-refractivity contribution < 1.29 is 14.4 Å². The third-order valence-corrected chi connectivity index (χ3v) is 7.34. The molecule has 2 aromatic rings. The number of thiophene rings is 1. The highest BCUT2D eigenvalue weighted by molar-refractivity contribution is 7.12. The van der Waals surface area contributed by atoms with Gasteiger partial charge < -0.3 is 4.90 Å². The molecule has 1 aromatic heterocycles. The molecule has 0 saturated carbocycles. The van der Waals surface area contributed by atoms with Crippen LogP contribution in [0.25, 0.3) is 5.57 Å². The van der Waals surface area contributed by atoms with Crippen molar-refractivity contribution in [2.24, 2.45) is 11.8 Å². The minimum absolute atomic E-state index is 0.0813. The quantitative estimate of drug-likeness (QED) is 0.544. The molecule has 0 aliphatic carbocycles. The van der Waals surface area contributed by atoms with Crippen LogP contribution in [0.1, 0.15) is 42.9 Å². The van der Waals surface area contributed by atoms with E-state index in [1.807, 2.05) is 68.3 Å². The van der Waals surface area contributed by atoms with Crippen LogP contribution in [0.5, 0.6) is 0 Å². The topological polar surface area (TPSA) is 57.7 Å². The Balaban J connectivity index is 1.71. The van der Waals surface area contributed by atoms with Gasteiger partial charge in [0.15, 0.2) is 5.78 Å². The maximum absolute atomic E-state index is 13.7. The monoisotopic (exact) mass is 420 g/mol. The lowest BCUT2D eigenvalue weighted by Gasteiger charge is -2.39. The average Bonchev–Trinajstić information content (AvgIpc) is 3.38. The van der Waals surface area contributed by atoms with Crippen molar-refractivity contribution in [3.63, 3.8) is 0 Å².